The van der Waals surface area contributed by atoms with Gasteiger partial charge in [-0.05, 0) is 7.05 Å². The van der Waals surface area contributed by atoms with Crippen molar-refractivity contribution >= 4 is 27.8 Å². The molecule has 0 bridgehead atoms. The molecule has 0 atom stereocenters. The summed E-state index contributed by atoms with van der Waals surface area (Å²) in [7, 11) is 2.17. The van der Waals surface area contributed by atoms with E-state index in [0.29, 0.717) is 5.13 Å². The SMILES string of the molecule is CN1CCN(Cc2ncc(-c3nnc(N)s3)s2)CC1. The normalized spacial score (nSPS) is 17.9. The molecular formula is C11H16N6S2. The topological polar surface area (TPSA) is 71.2 Å². The van der Waals surface area contributed by atoms with Crippen LogP contribution in [0.4, 0.5) is 5.13 Å². The molecule has 2 aromatic heterocycles. The summed E-state index contributed by atoms with van der Waals surface area (Å²) in [6.07, 6.45) is 1.87. The fourth-order valence-electron chi connectivity index (χ4n) is 2.01. The molecule has 3 rings (SSSR count). The number of anilines is 1. The molecule has 102 valence electrons. The highest BCUT2D eigenvalue weighted by Crippen LogP contribution is 2.30. The third kappa shape index (κ3) is 3.08. The molecule has 0 radical (unpaired) electrons. The van der Waals surface area contributed by atoms with Crippen molar-refractivity contribution in [3.05, 3.63) is 11.2 Å². The molecule has 19 heavy (non-hydrogen) atoms. The summed E-state index contributed by atoms with van der Waals surface area (Å²) in [6.45, 7) is 5.40. The highest BCUT2D eigenvalue weighted by Gasteiger charge is 2.16. The van der Waals surface area contributed by atoms with E-state index in [1.165, 1.54) is 11.3 Å². The molecule has 0 spiro atoms. The van der Waals surface area contributed by atoms with Crippen molar-refractivity contribution in [3.8, 4) is 9.88 Å². The van der Waals surface area contributed by atoms with E-state index in [2.05, 4.69) is 32.0 Å². The van der Waals surface area contributed by atoms with E-state index in [9.17, 15) is 0 Å². The Hall–Kier alpha value is -1.09. The maximum Gasteiger partial charge on any atom is 0.203 e. The zero-order valence-electron chi connectivity index (χ0n) is 10.7. The fourth-order valence-corrected chi connectivity index (χ4v) is 3.62. The first-order valence-corrected chi connectivity index (χ1v) is 7.79. The predicted molar refractivity (Wildman–Crippen MR) is 78.2 cm³/mol. The first-order valence-electron chi connectivity index (χ1n) is 6.15. The number of hydrogen-bond donors (Lipinski definition) is 1. The van der Waals surface area contributed by atoms with Gasteiger partial charge in [0, 0.05) is 32.4 Å². The van der Waals surface area contributed by atoms with Crippen LogP contribution in [-0.4, -0.2) is 58.2 Å². The largest absolute Gasteiger partial charge is 0.374 e. The van der Waals surface area contributed by atoms with Crippen molar-refractivity contribution in [3.63, 3.8) is 0 Å². The predicted octanol–water partition coefficient (Wildman–Crippen LogP) is 0.991. The van der Waals surface area contributed by atoms with Gasteiger partial charge in [-0.15, -0.1) is 21.5 Å². The van der Waals surface area contributed by atoms with Gasteiger partial charge in [0.15, 0.2) is 5.01 Å². The Morgan fingerprint density at radius 2 is 2.00 bits per heavy atom. The smallest absolute Gasteiger partial charge is 0.203 e. The fraction of sp³-hybridized carbons (Fsp3) is 0.545. The van der Waals surface area contributed by atoms with Gasteiger partial charge < -0.3 is 10.6 Å². The summed E-state index contributed by atoms with van der Waals surface area (Å²) in [5.74, 6) is 0. The lowest BCUT2D eigenvalue weighted by Gasteiger charge is -2.31. The first-order chi connectivity index (χ1) is 9.20. The van der Waals surface area contributed by atoms with Crippen molar-refractivity contribution in [2.45, 2.75) is 6.54 Å². The van der Waals surface area contributed by atoms with Crippen molar-refractivity contribution in [2.75, 3.05) is 39.0 Å². The molecule has 1 saturated heterocycles. The quantitative estimate of drug-likeness (QED) is 0.911. The van der Waals surface area contributed by atoms with Crippen molar-refractivity contribution < 1.29 is 0 Å². The standard InChI is InChI=1S/C11H16N6S2/c1-16-2-4-17(5-3-16)7-9-13-6-8(18-9)10-14-15-11(12)19-10/h6H,2-5,7H2,1H3,(H2,12,15). The van der Waals surface area contributed by atoms with Gasteiger partial charge in [0.2, 0.25) is 5.13 Å². The second kappa shape index (κ2) is 5.49. The summed E-state index contributed by atoms with van der Waals surface area (Å²) in [5.41, 5.74) is 5.60. The minimum atomic E-state index is 0.504. The third-order valence-corrected chi connectivity index (χ3v) is 5.06. The number of thiazole rings is 1. The lowest BCUT2D eigenvalue weighted by molar-refractivity contribution is 0.148. The number of hydrogen-bond acceptors (Lipinski definition) is 8. The number of rotatable bonds is 3. The minimum absolute atomic E-state index is 0.504. The Bertz CT molecular complexity index is 543. The summed E-state index contributed by atoms with van der Waals surface area (Å²) in [6, 6.07) is 0. The molecule has 6 nitrogen and oxygen atoms in total. The van der Waals surface area contributed by atoms with E-state index < -0.39 is 0 Å². The highest BCUT2D eigenvalue weighted by molar-refractivity contribution is 7.23. The first kappa shape index (κ1) is 12.9. The number of nitrogen functional groups attached to an aromatic ring is 1. The van der Waals surface area contributed by atoms with Gasteiger partial charge in [0.05, 0.1) is 11.4 Å². The Morgan fingerprint density at radius 3 is 2.68 bits per heavy atom. The van der Waals surface area contributed by atoms with E-state index in [1.54, 1.807) is 11.3 Å². The Kier molecular flexibility index (Phi) is 3.74. The van der Waals surface area contributed by atoms with Crippen LogP contribution >= 0.6 is 22.7 Å². The second-order valence-electron chi connectivity index (χ2n) is 4.64. The molecular weight excluding hydrogens is 280 g/mol. The van der Waals surface area contributed by atoms with Gasteiger partial charge in [0.25, 0.3) is 0 Å². The molecule has 0 amide bonds. The monoisotopic (exact) mass is 296 g/mol. The zero-order valence-corrected chi connectivity index (χ0v) is 12.4. The molecule has 1 fully saturated rings. The van der Waals surface area contributed by atoms with Crippen molar-refractivity contribution in [1.29, 1.82) is 0 Å². The zero-order chi connectivity index (χ0) is 13.2. The van der Waals surface area contributed by atoms with Crippen LogP contribution in [-0.2, 0) is 6.54 Å². The second-order valence-corrected chi connectivity index (χ2v) is 6.77. The molecule has 2 aromatic rings. The summed E-state index contributed by atoms with van der Waals surface area (Å²) in [4.78, 5) is 10.3. The molecule has 0 aromatic carbocycles. The van der Waals surface area contributed by atoms with Gasteiger partial charge in [0.1, 0.15) is 5.01 Å². The van der Waals surface area contributed by atoms with Crippen LogP contribution in [0.1, 0.15) is 5.01 Å². The summed E-state index contributed by atoms with van der Waals surface area (Å²) < 4.78 is 0. The average Bonchev–Trinajstić information content (AvgIpc) is 3.01. The van der Waals surface area contributed by atoms with Crippen LogP contribution in [0.15, 0.2) is 6.20 Å². The van der Waals surface area contributed by atoms with Crippen LogP contribution in [0.5, 0.6) is 0 Å². The van der Waals surface area contributed by atoms with Gasteiger partial charge in [-0.25, -0.2) is 4.98 Å². The summed E-state index contributed by atoms with van der Waals surface area (Å²) >= 11 is 3.09. The molecule has 0 unspecified atom stereocenters. The van der Waals surface area contributed by atoms with E-state index >= 15 is 0 Å². The van der Waals surface area contributed by atoms with E-state index in [0.717, 1.165) is 47.6 Å². The van der Waals surface area contributed by atoms with Gasteiger partial charge in [-0.1, -0.05) is 11.3 Å². The van der Waals surface area contributed by atoms with Crippen molar-refractivity contribution in [1.82, 2.24) is 25.0 Å². The number of likely N-dealkylation sites (N-methyl/N-ethyl adjacent to an activating group) is 1. The molecule has 1 aliphatic heterocycles. The van der Waals surface area contributed by atoms with Crippen LogP contribution in [0.2, 0.25) is 0 Å². The number of aromatic nitrogens is 3. The third-order valence-electron chi connectivity index (χ3n) is 3.16. The number of nitrogens with zero attached hydrogens (tertiary/aromatic N) is 5. The lowest BCUT2D eigenvalue weighted by Crippen LogP contribution is -2.43. The maximum absolute atomic E-state index is 5.60. The Morgan fingerprint density at radius 1 is 1.21 bits per heavy atom. The van der Waals surface area contributed by atoms with Crippen LogP contribution in [0, 0.1) is 0 Å². The number of nitrogens with two attached hydrogens (primary N) is 1. The van der Waals surface area contributed by atoms with Crippen LogP contribution in [0.3, 0.4) is 0 Å². The van der Waals surface area contributed by atoms with Crippen LogP contribution < -0.4 is 5.73 Å². The number of piperazine rings is 1. The molecule has 0 saturated carbocycles. The molecule has 1 aliphatic rings. The maximum atomic E-state index is 5.60. The van der Waals surface area contributed by atoms with Gasteiger partial charge in [-0.2, -0.15) is 0 Å². The van der Waals surface area contributed by atoms with Gasteiger partial charge in [-0.3, -0.25) is 4.90 Å². The van der Waals surface area contributed by atoms with E-state index in [1.807, 2.05) is 6.20 Å². The molecule has 2 N–H and O–H groups in total. The lowest BCUT2D eigenvalue weighted by atomic mass is 10.3. The molecule has 0 aliphatic carbocycles. The molecule has 8 heteroatoms. The van der Waals surface area contributed by atoms with Crippen LogP contribution in [0.25, 0.3) is 9.88 Å². The van der Waals surface area contributed by atoms with Gasteiger partial charge >= 0.3 is 0 Å². The Balaban J connectivity index is 1.65. The van der Waals surface area contributed by atoms with E-state index in [4.69, 9.17) is 5.73 Å². The van der Waals surface area contributed by atoms with Crippen molar-refractivity contribution in [2.24, 2.45) is 0 Å². The van der Waals surface area contributed by atoms with E-state index in [-0.39, 0.29) is 0 Å². The molecule has 3 heterocycles. The minimum Gasteiger partial charge on any atom is -0.374 e. The highest BCUT2D eigenvalue weighted by atomic mass is 32.1. The average molecular weight is 296 g/mol. The summed E-state index contributed by atoms with van der Waals surface area (Å²) in [5, 5.41) is 10.4. The Labute approximate surface area is 119 Å².